The molecule has 2 N–H and O–H groups in total. The Balaban J connectivity index is 1.99. The Bertz CT molecular complexity index is 724. The van der Waals surface area contributed by atoms with E-state index in [4.69, 9.17) is 17.0 Å². The first kappa shape index (κ1) is 17.0. The summed E-state index contributed by atoms with van der Waals surface area (Å²) in [6, 6.07) is 13.9. The highest BCUT2D eigenvalue weighted by molar-refractivity contribution is 7.80. The molecular formula is C18H21N3OS. The molecule has 0 saturated heterocycles. The molecule has 4 nitrogen and oxygen atoms in total. The van der Waals surface area contributed by atoms with Crippen molar-refractivity contribution in [1.29, 1.82) is 0 Å². The van der Waals surface area contributed by atoms with Crippen molar-refractivity contribution in [2.45, 2.75) is 20.8 Å². The summed E-state index contributed by atoms with van der Waals surface area (Å²) in [5, 5.41) is 7.93. The van der Waals surface area contributed by atoms with E-state index in [9.17, 15) is 0 Å². The highest BCUT2D eigenvalue weighted by atomic mass is 32.1. The molecule has 0 fully saturated rings. The average molecular weight is 327 g/mol. The second-order valence-corrected chi connectivity index (χ2v) is 5.72. The fourth-order valence-electron chi connectivity index (χ4n) is 2.14. The van der Waals surface area contributed by atoms with Crippen LogP contribution in [0.3, 0.4) is 0 Å². The van der Waals surface area contributed by atoms with Crippen LogP contribution in [0.2, 0.25) is 0 Å². The number of ether oxygens (including phenoxy) is 1. The van der Waals surface area contributed by atoms with Gasteiger partial charge in [-0.2, -0.15) is 5.10 Å². The molecule has 2 aromatic carbocycles. The lowest BCUT2D eigenvalue weighted by atomic mass is 10.1. The highest BCUT2D eigenvalue weighted by Crippen LogP contribution is 2.16. The number of nitrogens with zero attached hydrogens (tertiary/aromatic N) is 1. The predicted molar refractivity (Wildman–Crippen MR) is 100 cm³/mol. The van der Waals surface area contributed by atoms with Gasteiger partial charge in [-0.25, -0.2) is 0 Å². The van der Waals surface area contributed by atoms with Gasteiger partial charge in [0.15, 0.2) is 5.11 Å². The van der Waals surface area contributed by atoms with Crippen LogP contribution >= 0.6 is 12.2 Å². The van der Waals surface area contributed by atoms with Crippen molar-refractivity contribution < 1.29 is 4.74 Å². The van der Waals surface area contributed by atoms with E-state index in [1.807, 2.05) is 50.2 Å². The lowest BCUT2D eigenvalue weighted by molar-refractivity contribution is 0.415. The second-order valence-electron chi connectivity index (χ2n) is 5.31. The van der Waals surface area contributed by atoms with E-state index in [0.29, 0.717) is 5.11 Å². The van der Waals surface area contributed by atoms with Gasteiger partial charge >= 0.3 is 0 Å². The van der Waals surface area contributed by atoms with Crippen LogP contribution in [0.25, 0.3) is 0 Å². The quantitative estimate of drug-likeness (QED) is 0.506. The number of anilines is 1. The average Bonchev–Trinajstić information content (AvgIpc) is 2.55. The summed E-state index contributed by atoms with van der Waals surface area (Å²) >= 11 is 5.29. The lowest BCUT2D eigenvalue weighted by Gasteiger charge is -2.11. The monoisotopic (exact) mass is 327 g/mol. The van der Waals surface area contributed by atoms with E-state index in [2.05, 4.69) is 28.8 Å². The maximum Gasteiger partial charge on any atom is 0.191 e. The van der Waals surface area contributed by atoms with Gasteiger partial charge in [0.05, 0.1) is 12.8 Å². The summed E-state index contributed by atoms with van der Waals surface area (Å²) in [5.41, 5.74) is 8.07. The third-order valence-electron chi connectivity index (χ3n) is 3.46. The molecule has 0 saturated carbocycles. The largest absolute Gasteiger partial charge is 0.497 e. The summed E-state index contributed by atoms with van der Waals surface area (Å²) in [5.74, 6) is 0.821. The maximum absolute atomic E-state index is 5.29. The molecule has 0 spiro atoms. The molecule has 23 heavy (non-hydrogen) atoms. The van der Waals surface area contributed by atoms with Crippen molar-refractivity contribution in [3.63, 3.8) is 0 Å². The Labute approximate surface area is 142 Å². The Morgan fingerprint density at radius 1 is 1.09 bits per heavy atom. The summed E-state index contributed by atoms with van der Waals surface area (Å²) in [4.78, 5) is 0. The fraction of sp³-hybridized carbons (Fsp3) is 0.222. The number of thiocarbonyl (C=S) groups is 1. The molecule has 2 aromatic rings. The van der Waals surface area contributed by atoms with Gasteiger partial charge in [0.1, 0.15) is 5.75 Å². The van der Waals surface area contributed by atoms with Gasteiger partial charge in [-0.3, -0.25) is 5.43 Å². The van der Waals surface area contributed by atoms with Crippen molar-refractivity contribution in [3.05, 3.63) is 59.2 Å². The number of aryl methyl sites for hydroxylation is 2. The molecule has 0 bridgehead atoms. The Morgan fingerprint density at radius 3 is 2.39 bits per heavy atom. The normalized spacial score (nSPS) is 11.0. The molecule has 0 atom stereocenters. The van der Waals surface area contributed by atoms with Crippen molar-refractivity contribution in [2.75, 3.05) is 12.4 Å². The van der Waals surface area contributed by atoms with Crippen LogP contribution in [0, 0.1) is 13.8 Å². The van der Waals surface area contributed by atoms with Crippen LogP contribution in [-0.4, -0.2) is 17.9 Å². The van der Waals surface area contributed by atoms with Crippen LogP contribution < -0.4 is 15.5 Å². The minimum absolute atomic E-state index is 0.463. The first-order chi connectivity index (χ1) is 11.0. The molecule has 0 aliphatic rings. The number of methoxy groups -OCH3 is 1. The molecule has 120 valence electrons. The molecular weight excluding hydrogens is 306 g/mol. The molecule has 0 aliphatic carbocycles. The summed E-state index contributed by atoms with van der Waals surface area (Å²) in [6.45, 7) is 6.04. The molecule has 0 aromatic heterocycles. The third kappa shape index (κ3) is 4.79. The Morgan fingerprint density at radius 2 is 1.78 bits per heavy atom. The van der Waals surface area contributed by atoms with E-state index < -0.39 is 0 Å². The Kier molecular flexibility index (Phi) is 5.71. The van der Waals surface area contributed by atoms with Crippen molar-refractivity contribution >= 4 is 28.7 Å². The topological polar surface area (TPSA) is 45.6 Å². The van der Waals surface area contributed by atoms with Crippen LogP contribution in [-0.2, 0) is 0 Å². The number of nitrogens with one attached hydrogen (secondary N) is 2. The number of hydrogen-bond donors (Lipinski definition) is 2. The number of rotatable bonds is 4. The highest BCUT2D eigenvalue weighted by Gasteiger charge is 2.02. The van der Waals surface area contributed by atoms with Gasteiger partial charge < -0.3 is 10.1 Å². The van der Waals surface area contributed by atoms with Crippen LogP contribution in [0.5, 0.6) is 5.75 Å². The number of hydrazone groups is 1. The summed E-state index contributed by atoms with van der Waals surface area (Å²) in [7, 11) is 1.65. The van der Waals surface area contributed by atoms with E-state index in [1.54, 1.807) is 7.11 Å². The van der Waals surface area contributed by atoms with Crippen molar-refractivity contribution in [3.8, 4) is 5.75 Å². The van der Waals surface area contributed by atoms with E-state index >= 15 is 0 Å². The molecule has 0 heterocycles. The van der Waals surface area contributed by atoms with Crippen molar-refractivity contribution in [1.82, 2.24) is 5.43 Å². The zero-order valence-corrected chi connectivity index (χ0v) is 14.6. The van der Waals surface area contributed by atoms with E-state index in [-0.39, 0.29) is 0 Å². The van der Waals surface area contributed by atoms with Gasteiger partial charge in [0.2, 0.25) is 0 Å². The lowest BCUT2D eigenvalue weighted by Crippen LogP contribution is -2.25. The molecule has 5 heteroatoms. The first-order valence-corrected chi connectivity index (χ1v) is 7.73. The van der Waals surface area contributed by atoms with E-state index in [0.717, 1.165) is 28.3 Å². The van der Waals surface area contributed by atoms with Crippen LogP contribution in [0.15, 0.2) is 47.6 Å². The molecule has 2 rings (SSSR count). The van der Waals surface area contributed by atoms with Crippen LogP contribution in [0.4, 0.5) is 5.69 Å². The number of hydrogen-bond acceptors (Lipinski definition) is 3. The van der Waals surface area contributed by atoms with Gasteiger partial charge in [0.25, 0.3) is 0 Å². The van der Waals surface area contributed by atoms with Gasteiger partial charge in [-0.1, -0.05) is 17.7 Å². The van der Waals surface area contributed by atoms with Crippen LogP contribution in [0.1, 0.15) is 23.6 Å². The Hall–Kier alpha value is -2.40. The maximum atomic E-state index is 5.29. The van der Waals surface area contributed by atoms with Gasteiger partial charge in [-0.05, 0) is 74.4 Å². The zero-order chi connectivity index (χ0) is 16.8. The third-order valence-corrected chi connectivity index (χ3v) is 3.66. The van der Waals surface area contributed by atoms with Gasteiger partial charge in [-0.15, -0.1) is 0 Å². The first-order valence-electron chi connectivity index (χ1n) is 7.32. The van der Waals surface area contributed by atoms with Crippen molar-refractivity contribution in [2.24, 2.45) is 5.10 Å². The fourth-order valence-corrected chi connectivity index (χ4v) is 2.29. The number of benzene rings is 2. The smallest absolute Gasteiger partial charge is 0.191 e. The van der Waals surface area contributed by atoms with E-state index in [1.165, 1.54) is 5.56 Å². The molecule has 0 amide bonds. The van der Waals surface area contributed by atoms with Gasteiger partial charge in [0, 0.05) is 5.69 Å². The minimum atomic E-state index is 0.463. The summed E-state index contributed by atoms with van der Waals surface area (Å²) in [6.07, 6.45) is 0. The molecule has 0 unspecified atom stereocenters. The zero-order valence-electron chi connectivity index (χ0n) is 13.8. The minimum Gasteiger partial charge on any atom is -0.497 e. The predicted octanol–water partition coefficient (Wildman–Crippen LogP) is 4.02. The molecule has 0 radical (unpaired) electrons. The summed E-state index contributed by atoms with van der Waals surface area (Å²) < 4.78 is 5.15. The molecule has 0 aliphatic heterocycles. The SMILES string of the molecule is COc1ccc(C(C)=NNC(=S)Nc2ccc(C)cc2C)cc1. The second kappa shape index (κ2) is 7.74. The standard InChI is InChI=1S/C18H21N3OS/c1-12-5-10-17(13(2)11-12)19-18(23)21-20-14(3)15-6-8-16(22-4)9-7-15/h5-11H,1-4H3,(H2,19,21,23).